The maximum absolute atomic E-state index is 12.9. The number of unbranched alkanes of at least 4 members (excludes halogenated alkanes) is 36. The number of carbonyl (C=O) groups is 3. The molecule has 0 bridgehead atoms. The maximum atomic E-state index is 12.9. The van der Waals surface area contributed by atoms with Crippen LogP contribution in [0, 0.1) is 0 Å². The standard InChI is InChI=1S/C75H130O6/c1-4-7-10-13-16-19-22-25-28-29-30-31-32-33-34-35-36-37-38-39-40-41-42-43-44-45-48-50-53-56-59-62-65-68-74(77)80-71-72(81-75(78)69-66-63-60-57-54-51-47-27-24-21-18-15-12-9-6-3)70-79-73(76)67-64-61-58-55-52-49-46-26-23-20-17-14-11-8-5-2/h9,12,17-18,20-22,25-27,29-30,46-47,54,57,72H,4-8,10-11,13-16,19,23-24,28,31-45,48-53,55-56,58-71H2,1-3H3/b12-9-,20-17-,21-18-,25-22-,30-29-,46-26-,47-27-,57-54-. The Kier molecular flexibility index (Phi) is 65.7. The van der Waals surface area contributed by atoms with Crippen LogP contribution in [0.5, 0.6) is 0 Å². The number of allylic oxidation sites excluding steroid dienone is 16. The van der Waals surface area contributed by atoms with Crippen LogP contribution >= 0.6 is 0 Å². The Balaban J connectivity index is 4.18. The van der Waals surface area contributed by atoms with E-state index in [-0.39, 0.29) is 37.5 Å². The quantitative estimate of drug-likeness (QED) is 0.0261. The fourth-order valence-corrected chi connectivity index (χ4v) is 9.85. The molecule has 0 amide bonds. The minimum Gasteiger partial charge on any atom is -0.462 e. The van der Waals surface area contributed by atoms with Crippen LogP contribution in [-0.2, 0) is 28.6 Å². The van der Waals surface area contributed by atoms with Crippen molar-refractivity contribution in [3.8, 4) is 0 Å². The van der Waals surface area contributed by atoms with Gasteiger partial charge < -0.3 is 14.2 Å². The van der Waals surface area contributed by atoms with Gasteiger partial charge in [0.2, 0.25) is 0 Å². The average molecular weight is 1130 g/mol. The Hall–Kier alpha value is -3.67. The van der Waals surface area contributed by atoms with E-state index in [1.54, 1.807) is 0 Å². The van der Waals surface area contributed by atoms with E-state index in [0.717, 1.165) is 109 Å². The van der Waals surface area contributed by atoms with Gasteiger partial charge in [0, 0.05) is 19.3 Å². The van der Waals surface area contributed by atoms with E-state index in [1.807, 2.05) is 0 Å². The molecular formula is C75H130O6. The zero-order valence-corrected chi connectivity index (χ0v) is 53.5. The highest BCUT2D eigenvalue weighted by atomic mass is 16.6. The monoisotopic (exact) mass is 1130 g/mol. The van der Waals surface area contributed by atoms with Gasteiger partial charge in [0.15, 0.2) is 6.10 Å². The lowest BCUT2D eigenvalue weighted by Gasteiger charge is -2.18. The molecule has 0 rings (SSSR count). The van der Waals surface area contributed by atoms with Crippen LogP contribution in [0.1, 0.15) is 342 Å². The molecule has 0 saturated heterocycles. The predicted octanol–water partition coefficient (Wildman–Crippen LogP) is 24.0. The highest BCUT2D eigenvalue weighted by Gasteiger charge is 2.19. The summed E-state index contributed by atoms with van der Waals surface area (Å²) in [7, 11) is 0. The van der Waals surface area contributed by atoms with Gasteiger partial charge >= 0.3 is 17.9 Å². The minimum atomic E-state index is -0.806. The summed E-state index contributed by atoms with van der Waals surface area (Å²) < 4.78 is 16.9. The maximum Gasteiger partial charge on any atom is 0.306 e. The second-order valence-corrected chi connectivity index (χ2v) is 23.1. The minimum absolute atomic E-state index is 0.0965. The van der Waals surface area contributed by atoms with E-state index in [9.17, 15) is 14.4 Å². The van der Waals surface area contributed by atoms with Gasteiger partial charge in [-0.15, -0.1) is 0 Å². The fraction of sp³-hybridized carbons (Fsp3) is 0.747. The molecule has 0 aliphatic rings. The molecule has 0 spiro atoms. The number of carbonyl (C=O) groups excluding carboxylic acids is 3. The molecule has 466 valence electrons. The third kappa shape index (κ3) is 67.0. The first-order valence-corrected chi connectivity index (χ1v) is 34.7. The van der Waals surface area contributed by atoms with Crippen LogP contribution < -0.4 is 0 Å². The normalized spacial score (nSPS) is 12.7. The number of esters is 3. The van der Waals surface area contributed by atoms with Gasteiger partial charge in [0.25, 0.3) is 0 Å². The Bertz CT molecular complexity index is 1580. The van der Waals surface area contributed by atoms with Crippen molar-refractivity contribution in [1.82, 2.24) is 0 Å². The lowest BCUT2D eigenvalue weighted by molar-refractivity contribution is -0.167. The van der Waals surface area contributed by atoms with Gasteiger partial charge in [0.1, 0.15) is 13.2 Å². The molecule has 1 unspecified atom stereocenters. The van der Waals surface area contributed by atoms with E-state index in [2.05, 4.69) is 118 Å². The first-order chi connectivity index (χ1) is 40.0. The molecule has 6 heteroatoms. The lowest BCUT2D eigenvalue weighted by Crippen LogP contribution is -2.30. The smallest absolute Gasteiger partial charge is 0.306 e. The predicted molar refractivity (Wildman–Crippen MR) is 353 cm³/mol. The summed E-state index contributed by atoms with van der Waals surface area (Å²) in [6.07, 6.45) is 93.1. The molecule has 6 nitrogen and oxygen atoms in total. The SMILES string of the molecule is CC/C=C\C/C=C\C/C=C\C/C=C\CCCCC(=O)OC(COC(=O)CCCCCCC/C=C\C/C=C\CCCCC)COC(=O)CCCCCCCCCCCCCCCCCCCCCCC/C=C\C/C=C\CCCCCCC. The van der Waals surface area contributed by atoms with Crippen molar-refractivity contribution in [3.05, 3.63) is 97.2 Å². The Morgan fingerprint density at radius 1 is 0.259 bits per heavy atom. The third-order valence-corrected chi connectivity index (χ3v) is 15.0. The van der Waals surface area contributed by atoms with Crippen LogP contribution in [-0.4, -0.2) is 37.2 Å². The Labute approximate surface area is 502 Å². The molecule has 0 heterocycles. The summed E-state index contributed by atoms with van der Waals surface area (Å²) in [6, 6.07) is 0. The van der Waals surface area contributed by atoms with E-state index < -0.39 is 6.10 Å². The van der Waals surface area contributed by atoms with Crippen LogP contribution in [0.25, 0.3) is 0 Å². The number of hydrogen-bond acceptors (Lipinski definition) is 6. The largest absolute Gasteiger partial charge is 0.462 e. The van der Waals surface area contributed by atoms with Gasteiger partial charge in [-0.05, 0) is 122 Å². The van der Waals surface area contributed by atoms with Crippen LogP contribution in [0.15, 0.2) is 97.2 Å². The summed E-state index contributed by atoms with van der Waals surface area (Å²) in [5.74, 6) is -0.941. The Morgan fingerprint density at radius 2 is 0.481 bits per heavy atom. The van der Waals surface area contributed by atoms with E-state index in [0.29, 0.717) is 19.3 Å². The number of ether oxygens (including phenoxy) is 3. The van der Waals surface area contributed by atoms with Crippen LogP contribution in [0.2, 0.25) is 0 Å². The van der Waals surface area contributed by atoms with Gasteiger partial charge in [-0.1, -0.05) is 298 Å². The van der Waals surface area contributed by atoms with Gasteiger partial charge in [-0.2, -0.15) is 0 Å². The highest BCUT2D eigenvalue weighted by Crippen LogP contribution is 2.17. The second kappa shape index (κ2) is 68.8. The molecule has 0 aliphatic carbocycles. The molecule has 81 heavy (non-hydrogen) atoms. The van der Waals surface area contributed by atoms with E-state index >= 15 is 0 Å². The van der Waals surface area contributed by atoms with Crippen molar-refractivity contribution in [2.75, 3.05) is 13.2 Å². The summed E-state index contributed by atoms with van der Waals surface area (Å²) in [4.78, 5) is 38.3. The van der Waals surface area contributed by atoms with Crippen molar-refractivity contribution in [2.24, 2.45) is 0 Å². The van der Waals surface area contributed by atoms with E-state index in [1.165, 1.54) is 186 Å². The van der Waals surface area contributed by atoms with Gasteiger partial charge in [-0.3, -0.25) is 14.4 Å². The van der Waals surface area contributed by atoms with Crippen molar-refractivity contribution in [1.29, 1.82) is 0 Å². The topological polar surface area (TPSA) is 78.9 Å². The lowest BCUT2D eigenvalue weighted by atomic mass is 10.0. The first kappa shape index (κ1) is 77.3. The molecular weight excluding hydrogens is 997 g/mol. The third-order valence-electron chi connectivity index (χ3n) is 15.0. The zero-order chi connectivity index (χ0) is 58.5. The Morgan fingerprint density at radius 3 is 0.802 bits per heavy atom. The molecule has 0 aromatic carbocycles. The molecule has 0 N–H and O–H groups in total. The number of hydrogen-bond donors (Lipinski definition) is 0. The van der Waals surface area contributed by atoms with Crippen molar-refractivity contribution < 1.29 is 28.6 Å². The van der Waals surface area contributed by atoms with Crippen LogP contribution in [0.4, 0.5) is 0 Å². The van der Waals surface area contributed by atoms with Crippen molar-refractivity contribution >= 4 is 17.9 Å². The van der Waals surface area contributed by atoms with Gasteiger partial charge in [-0.25, -0.2) is 0 Å². The first-order valence-electron chi connectivity index (χ1n) is 34.7. The van der Waals surface area contributed by atoms with Gasteiger partial charge in [0.05, 0.1) is 0 Å². The summed E-state index contributed by atoms with van der Waals surface area (Å²) >= 11 is 0. The molecule has 0 fully saturated rings. The molecule has 0 aliphatic heterocycles. The fourth-order valence-electron chi connectivity index (χ4n) is 9.85. The molecule has 0 aromatic heterocycles. The summed E-state index contributed by atoms with van der Waals surface area (Å²) in [5.41, 5.74) is 0. The summed E-state index contributed by atoms with van der Waals surface area (Å²) in [6.45, 7) is 6.47. The van der Waals surface area contributed by atoms with E-state index in [4.69, 9.17) is 14.2 Å². The van der Waals surface area contributed by atoms with Crippen molar-refractivity contribution in [2.45, 2.75) is 348 Å². The average Bonchev–Trinajstić information content (AvgIpc) is 3.47. The second-order valence-electron chi connectivity index (χ2n) is 23.1. The molecule has 1 atom stereocenters. The molecule has 0 aromatic rings. The molecule has 0 saturated carbocycles. The highest BCUT2D eigenvalue weighted by molar-refractivity contribution is 5.71. The van der Waals surface area contributed by atoms with Crippen LogP contribution in [0.3, 0.4) is 0 Å². The number of rotatable bonds is 63. The molecule has 0 radical (unpaired) electrons. The zero-order valence-electron chi connectivity index (χ0n) is 53.5. The van der Waals surface area contributed by atoms with Crippen molar-refractivity contribution in [3.63, 3.8) is 0 Å². The summed E-state index contributed by atoms with van der Waals surface area (Å²) in [5, 5.41) is 0.